The van der Waals surface area contributed by atoms with Crippen LogP contribution < -0.4 is 0 Å². The zero-order chi connectivity index (χ0) is 20.8. The first kappa shape index (κ1) is 19.1. The van der Waals surface area contributed by atoms with Crippen LogP contribution in [0.1, 0.15) is 32.1 Å². The number of nitrogens with zero attached hydrogens (tertiary/aromatic N) is 2. The summed E-state index contributed by atoms with van der Waals surface area (Å²) in [6, 6.07) is 26.9. The number of esters is 1. The largest absolute Gasteiger partial charge is 0.422 e. The molecule has 3 aromatic carbocycles. The molecule has 4 rings (SSSR count). The fourth-order valence-electron chi connectivity index (χ4n) is 2.94. The SMILES string of the molecule is O=C(O/C(=C\c1nccn1C(=O)c1ccccc1)c1ccccc1)c1ccccc1. The van der Waals surface area contributed by atoms with Crippen LogP contribution >= 0.6 is 0 Å². The van der Waals surface area contributed by atoms with Crippen molar-refractivity contribution < 1.29 is 14.3 Å². The lowest BCUT2D eigenvalue weighted by Crippen LogP contribution is -2.13. The predicted molar refractivity (Wildman–Crippen MR) is 115 cm³/mol. The highest BCUT2D eigenvalue weighted by Gasteiger charge is 2.16. The van der Waals surface area contributed by atoms with Crippen molar-refractivity contribution in [1.29, 1.82) is 0 Å². The van der Waals surface area contributed by atoms with Gasteiger partial charge >= 0.3 is 5.97 Å². The maximum atomic E-state index is 12.9. The topological polar surface area (TPSA) is 61.2 Å². The minimum Gasteiger partial charge on any atom is -0.422 e. The van der Waals surface area contributed by atoms with E-state index in [2.05, 4.69) is 4.98 Å². The van der Waals surface area contributed by atoms with Gasteiger partial charge in [0.15, 0.2) is 0 Å². The highest BCUT2D eigenvalue weighted by atomic mass is 16.5. The first-order valence-electron chi connectivity index (χ1n) is 9.40. The van der Waals surface area contributed by atoms with Crippen molar-refractivity contribution in [3.05, 3.63) is 126 Å². The average molecular weight is 394 g/mol. The van der Waals surface area contributed by atoms with E-state index in [9.17, 15) is 9.59 Å². The summed E-state index contributed by atoms with van der Waals surface area (Å²) in [6.07, 6.45) is 4.72. The Hall–Kier alpha value is -4.25. The van der Waals surface area contributed by atoms with Crippen LogP contribution in [0.15, 0.2) is 103 Å². The minimum atomic E-state index is -0.488. The summed E-state index contributed by atoms with van der Waals surface area (Å²) in [6.45, 7) is 0. The Morgan fingerprint density at radius 3 is 1.87 bits per heavy atom. The quantitative estimate of drug-likeness (QED) is 0.356. The molecule has 0 N–H and O–H groups in total. The molecule has 5 nitrogen and oxygen atoms in total. The van der Waals surface area contributed by atoms with Gasteiger partial charge in [0.2, 0.25) is 0 Å². The van der Waals surface area contributed by atoms with E-state index in [4.69, 9.17) is 4.74 Å². The van der Waals surface area contributed by atoms with E-state index in [0.29, 0.717) is 28.3 Å². The third kappa shape index (κ3) is 4.25. The number of hydrogen-bond acceptors (Lipinski definition) is 4. The van der Waals surface area contributed by atoms with Crippen LogP contribution in [-0.2, 0) is 4.74 Å². The Balaban J connectivity index is 1.71. The first-order valence-corrected chi connectivity index (χ1v) is 9.40. The van der Waals surface area contributed by atoms with E-state index in [1.165, 1.54) is 10.8 Å². The Labute approximate surface area is 173 Å². The zero-order valence-corrected chi connectivity index (χ0v) is 16.0. The molecule has 0 saturated carbocycles. The summed E-state index contributed by atoms with van der Waals surface area (Å²) in [5.41, 5.74) is 1.67. The van der Waals surface area contributed by atoms with Gasteiger partial charge in [-0.15, -0.1) is 0 Å². The Bertz CT molecular complexity index is 1180. The number of carbonyl (C=O) groups excluding carboxylic acids is 2. The molecule has 1 aromatic heterocycles. The predicted octanol–water partition coefficient (Wildman–Crippen LogP) is 4.93. The molecule has 146 valence electrons. The maximum absolute atomic E-state index is 12.9. The second kappa shape index (κ2) is 8.84. The lowest BCUT2D eigenvalue weighted by molar-refractivity contribution is 0.0693. The standard InChI is InChI=1S/C25H18N2O3/c28-24(20-12-6-2-7-13-20)27-17-16-26-23(27)18-22(19-10-4-1-5-11-19)30-25(29)21-14-8-3-9-15-21/h1-18H/b22-18-. The Morgan fingerprint density at radius 1 is 0.733 bits per heavy atom. The van der Waals surface area contributed by atoms with Crippen LogP contribution in [0.2, 0.25) is 0 Å². The molecule has 1 heterocycles. The van der Waals surface area contributed by atoms with Crippen molar-refractivity contribution in [3.8, 4) is 0 Å². The summed E-state index contributed by atoms with van der Waals surface area (Å²) in [4.78, 5) is 29.8. The van der Waals surface area contributed by atoms with Gasteiger partial charge in [0.1, 0.15) is 11.6 Å². The van der Waals surface area contributed by atoms with Crippen molar-refractivity contribution in [3.63, 3.8) is 0 Å². The molecule has 30 heavy (non-hydrogen) atoms. The Morgan fingerprint density at radius 2 is 1.27 bits per heavy atom. The van der Waals surface area contributed by atoms with E-state index in [-0.39, 0.29) is 5.91 Å². The average Bonchev–Trinajstić information content (AvgIpc) is 3.28. The lowest BCUT2D eigenvalue weighted by atomic mass is 10.1. The van der Waals surface area contributed by atoms with Gasteiger partial charge in [-0.05, 0) is 24.3 Å². The van der Waals surface area contributed by atoms with Gasteiger partial charge in [0.05, 0.1) is 5.56 Å². The molecule has 4 aromatic rings. The number of aromatic nitrogens is 2. The summed E-state index contributed by atoms with van der Waals surface area (Å²) in [7, 11) is 0. The minimum absolute atomic E-state index is 0.221. The van der Waals surface area contributed by atoms with Gasteiger partial charge in [0.25, 0.3) is 5.91 Å². The molecule has 0 amide bonds. The van der Waals surface area contributed by atoms with Crippen LogP contribution in [-0.4, -0.2) is 21.4 Å². The number of imidazole rings is 1. The van der Waals surface area contributed by atoms with Crippen LogP contribution in [0.3, 0.4) is 0 Å². The summed E-state index contributed by atoms with van der Waals surface area (Å²) in [5.74, 6) is -0.0410. The van der Waals surface area contributed by atoms with Gasteiger partial charge in [0, 0.05) is 29.6 Å². The molecule has 0 atom stereocenters. The highest BCUT2D eigenvalue weighted by Crippen LogP contribution is 2.21. The number of ether oxygens (including phenoxy) is 1. The molecule has 0 bridgehead atoms. The van der Waals surface area contributed by atoms with Crippen LogP contribution in [0.25, 0.3) is 11.8 Å². The fourth-order valence-corrected chi connectivity index (χ4v) is 2.94. The molecular weight excluding hydrogens is 376 g/mol. The molecule has 0 aliphatic carbocycles. The number of benzene rings is 3. The van der Waals surface area contributed by atoms with Gasteiger partial charge < -0.3 is 4.74 Å². The third-order valence-corrected chi connectivity index (χ3v) is 4.44. The first-order chi connectivity index (χ1) is 14.7. The normalized spacial score (nSPS) is 11.1. The highest BCUT2D eigenvalue weighted by molar-refractivity contribution is 5.98. The molecule has 5 heteroatoms. The van der Waals surface area contributed by atoms with Gasteiger partial charge in [-0.1, -0.05) is 66.7 Å². The van der Waals surface area contributed by atoms with Crippen molar-refractivity contribution in [2.24, 2.45) is 0 Å². The van der Waals surface area contributed by atoms with E-state index >= 15 is 0 Å². The Kier molecular flexibility index (Phi) is 5.62. The molecule has 0 fully saturated rings. The van der Waals surface area contributed by atoms with E-state index in [0.717, 1.165) is 0 Å². The number of carbonyl (C=O) groups is 2. The van der Waals surface area contributed by atoms with Crippen molar-refractivity contribution >= 4 is 23.7 Å². The van der Waals surface area contributed by atoms with Gasteiger partial charge in [-0.3, -0.25) is 9.36 Å². The monoisotopic (exact) mass is 394 g/mol. The van der Waals surface area contributed by atoms with Crippen LogP contribution in [0.4, 0.5) is 0 Å². The van der Waals surface area contributed by atoms with E-state index < -0.39 is 5.97 Å². The molecule has 0 aliphatic heterocycles. The molecule has 0 saturated heterocycles. The van der Waals surface area contributed by atoms with E-state index in [1.807, 2.05) is 42.5 Å². The lowest BCUT2D eigenvalue weighted by Gasteiger charge is -2.10. The van der Waals surface area contributed by atoms with E-state index in [1.54, 1.807) is 60.8 Å². The van der Waals surface area contributed by atoms with Crippen molar-refractivity contribution in [1.82, 2.24) is 9.55 Å². The molecular formula is C25H18N2O3. The van der Waals surface area contributed by atoms with Crippen LogP contribution in [0.5, 0.6) is 0 Å². The second-order valence-electron chi connectivity index (χ2n) is 6.46. The van der Waals surface area contributed by atoms with Crippen molar-refractivity contribution in [2.45, 2.75) is 0 Å². The summed E-state index contributed by atoms with van der Waals surface area (Å²) < 4.78 is 7.12. The van der Waals surface area contributed by atoms with Crippen LogP contribution in [0, 0.1) is 0 Å². The summed E-state index contributed by atoms with van der Waals surface area (Å²) in [5, 5.41) is 0. The number of rotatable bonds is 5. The zero-order valence-electron chi connectivity index (χ0n) is 16.0. The van der Waals surface area contributed by atoms with Crippen molar-refractivity contribution in [2.75, 3.05) is 0 Å². The second-order valence-corrected chi connectivity index (χ2v) is 6.46. The molecule has 0 unspecified atom stereocenters. The smallest absolute Gasteiger partial charge is 0.343 e. The molecule has 0 aliphatic rings. The fraction of sp³-hybridized carbons (Fsp3) is 0. The maximum Gasteiger partial charge on any atom is 0.343 e. The van der Waals surface area contributed by atoms with Gasteiger partial charge in [-0.2, -0.15) is 0 Å². The third-order valence-electron chi connectivity index (χ3n) is 4.44. The van der Waals surface area contributed by atoms with Gasteiger partial charge in [-0.25, -0.2) is 9.78 Å². The summed E-state index contributed by atoms with van der Waals surface area (Å²) >= 11 is 0. The number of hydrogen-bond donors (Lipinski definition) is 0. The molecule has 0 spiro atoms. The molecule has 0 radical (unpaired) electrons.